The number of nitrogens with one attached hydrogen (secondary N) is 1. The number of hydrogen-bond acceptors (Lipinski definition) is 4. The van der Waals surface area contributed by atoms with Gasteiger partial charge >= 0.3 is 0 Å². The van der Waals surface area contributed by atoms with Crippen LogP contribution in [-0.4, -0.2) is 66.7 Å². The summed E-state index contributed by atoms with van der Waals surface area (Å²) in [5, 5.41) is 4.75. The van der Waals surface area contributed by atoms with Crippen LogP contribution in [0.15, 0.2) is 54.6 Å². The standard InChI is InChI=1S/C34H41FN4O2/c1-23-17-29(35)18-24(2)31(23)21-36-32-20-28(34(40)38-13-11-37(12-14-38)15-16-41-5)19-30-25(3)26(4)39(33(30)32)22-27-9-7-6-8-10-27/h6-10,17-20,36H,11-16,21-22H2,1-5H3. The van der Waals surface area contributed by atoms with Crippen molar-refractivity contribution in [2.75, 3.05) is 51.8 Å². The summed E-state index contributed by atoms with van der Waals surface area (Å²) >= 11 is 0. The summed E-state index contributed by atoms with van der Waals surface area (Å²) in [5.74, 6) is -0.160. The highest BCUT2D eigenvalue weighted by molar-refractivity contribution is 6.04. The number of aromatic nitrogens is 1. The molecule has 0 radical (unpaired) electrons. The first-order chi connectivity index (χ1) is 19.8. The van der Waals surface area contributed by atoms with Gasteiger partial charge in [-0.3, -0.25) is 9.69 Å². The predicted molar refractivity (Wildman–Crippen MR) is 164 cm³/mol. The molecule has 0 spiro atoms. The van der Waals surface area contributed by atoms with Crippen molar-refractivity contribution in [3.05, 3.63) is 99.5 Å². The van der Waals surface area contributed by atoms with Crippen molar-refractivity contribution in [1.82, 2.24) is 14.4 Å². The number of piperazine rings is 1. The van der Waals surface area contributed by atoms with Crippen LogP contribution in [0, 0.1) is 33.5 Å². The fraction of sp³-hybridized carbons (Fsp3) is 0.382. The quantitative estimate of drug-likeness (QED) is 0.272. The number of aryl methyl sites for hydroxylation is 3. The van der Waals surface area contributed by atoms with E-state index in [0.717, 1.165) is 59.5 Å². The van der Waals surface area contributed by atoms with Crippen LogP contribution >= 0.6 is 0 Å². The molecular weight excluding hydrogens is 515 g/mol. The Morgan fingerprint density at radius 2 is 1.63 bits per heavy atom. The highest BCUT2D eigenvalue weighted by Gasteiger charge is 2.25. The van der Waals surface area contributed by atoms with E-state index in [-0.39, 0.29) is 11.7 Å². The third kappa shape index (κ3) is 6.16. The Labute approximate surface area is 242 Å². The highest BCUT2D eigenvalue weighted by Crippen LogP contribution is 2.34. The van der Waals surface area contributed by atoms with Crippen LogP contribution < -0.4 is 5.32 Å². The van der Waals surface area contributed by atoms with Gasteiger partial charge in [0.25, 0.3) is 5.91 Å². The van der Waals surface area contributed by atoms with Crippen LogP contribution in [0.2, 0.25) is 0 Å². The number of anilines is 1. The van der Waals surface area contributed by atoms with E-state index in [1.54, 1.807) is 19.2 Å². The second kappa shape index (κ2) is 12.5. The smallest absolute Gasteiger partial charge is 0.254 e. The first-order valence-electron chi connectivity index (χ1n) is 14.4. The van der Waals surface area contributed by atoms with Crippen LogP contribution in [0.3, 0.4) is 0 Å². The van der Waals surface area contributed by atoms with Gasteiger partial charge in [-0.25, -0.2) is 4.39 Å². The number of methoxy groups -OCH3 is 1. The Balaban J connectivity index is 1.53. The summed E-state index contributed by atoms with van der Waals surface area (Å²) < 4.78 is 21.6. The Morgan fingerprint density at radius 3 is 2.29 bits per heavy atom. The Hall–Kier alpha value is -3.68. The molecule has 0 bridgehead atoms. The second-order valence-electron chi connectivity index (χ2n) is 11.2. The van der Waals surface area contributed by atoms with Gasteiger partial charge in [-0.2, -0.15) is 0 Å². The van der Waals surface area contributed by atoms with Gasteiger partial charge in [0.1, 0.15) is 5.82 Å². The van der Waals surface area contributed by atoms with Crippen molar-refractivity contribution >= 4 is 22.5 Å². The van der Waals surface area contributed by atoms with Crippen LogP contribution in [0.4, 0.5) is 10.1 Å². The molecule has 1 saturated heterocycles. The zero-order chi connectivity index (χ0) is 29.1. The molecule has 7 heteroatoms. The third-order valence-corrected chi connectivity index (χ3v) is 8.55. The average molecular weight is 557 g/mol. The summed E-state index contributed by atoms with van der Waals surface area (Å²) in [4.78, 5) is 18.1. The lowest BCUT2D eigenvalue weighted by atomic mass is 10.0. The molecule has 1 amide bonds. The van der Waals surface area contributed by atoms with Crippen molar-refractivity contribution in [2.45, 2.75) is 40.8 Å². The molecule has 0 saturated carbocycles. The first kappa shape index (κ1) is 28.8. The van der Waals surface area contributed by atoms with E-state index < -0.39 is 0 Å². The van der Waals surface area contributed by atoms with Gasteiger partial charge in [0, 0.05) is 69.6 Å². The zero-order valence-electron chi connectivity index (χ0n) is 24.9. The van der Waals surface area contributed by atoms with E-state index in [1.165, 1.54) is 16.8 Å². The molecule has 1 N–H and O–H groups in total. The number of benzene rings is 3. The molecule has 1 fully saturated rings. The topological polar surface area (TPSA) is 49.7 Å². The minimum absolute atomic E-state index is 0.0587. The van der Waals surface area contributed by atoms with Crippen molar-refractivity contribution < 1.29 is 13.9 Å². The number of carbonyl (C=O) groups is 1. The Morgan fingerprint density at radius 1 is 0.951 bits per heavy atom. The largest absolute Gasteiger partial charge is 0.383 e. The van der Waals surface area contributed by atoms with Gasteiger partial charge in [-0.1, -0.05) is 30.3 Å². The van der Waals surface area contributed by atoms with E-state index in [2.05, 4.69) is 59.0 Å². The van der Waals surface area contributed by atoms with Crippen molar-refractivity contribution in [2.24, 2.45) is 0 Å². The lowest BCUT2D eigenvalue weighted by molar-refractivity contribution is 0.0594. The molecule has 0 aliphatic carbocycles. The second-order valence-corrected chi connectivity index (χ2v) is 11.2. The predicted octanol–water partition coefficient (Wildman–Crippen LogP) is 6.08. The highest BCUT2D eigenvalue weighted by atomic mass is 19.1. The number of rotatable bonds is 9. The summed E-state index contributed by atoms with van der Waals surface area (Å²) in [6.07, 6.45) is 0. The molecule has 2 heterocycles. The van der Waals surface area contributed by atoms with E-state index in [0.29, 0.717) is 31.8 Å². The number of nitrogens with zero attached hydrogens (tertiary/aromatic N) is 3. The molecule has 0 atom stereocenters. The van der Waals surface area contributed by atoms with E-state index in [1.807, 2.05) is 30.9 Å². The van der Waals surface area contributed by atoms with Gasteiger partial charge in [-0.15, -0.1) is 0 Å². The monoisotopic (exact) mass is 556 g/mol. The van der Waals surface area contributed by atoms with Gasteiger partial charge < -0.3 is 19.5 Å². The summed E-state index contributed by atoms with van der Waals surface area (Å²) in [7, 11) is 1.72. The molecule has 3 aromatic carbocycles. The van der Waals surface area contributed by atoms with E-state index in [9.17, 15) is 9.18 Å². The molecule has 1 aromatic heterocycles. The zero-order valence-corrected chi connectivity index (χ0v) is 24.9. The molecule has 1 aliphatic heterocycles. The fourth-order valence-electron chi connectivity index (χ4n) is 5.98. The number of amides is 1. The van der Waals surface area contributed by atoms with Crippen molar-refractivity contribution in [3.8, 4) is 0 Å². The maximum absolute atomic E-state index is 14.0. The van der Waals surface area contributed by atoms with Crippen molar-refractivity contribution in [3.63, 3.8) is 0 Å². The molecule has 1 aliphatic rings. The SMILES string of the molecule is COCCN1CCN(C(=O)c2cc(NCc3c(C)cc(F)cc3C)c3c(c2)c(C)c(C)n3Cc2ccccc2)CC1. The number of hydrogen-bond donors (Lipinski definition) is 1. The van der Waals surface area contributed by atoms with Gasteiger partial charge in [0.05, 0.1) is 17.8 Å². The third-order valence-electron chi connectivity index (χ3n) is 8.55. The van der Waals surface area contributed by atoms with Crippen LogP contribution in [-0.2, 0) is 17.8 Å². The minimum Gasteiger partial charge on any atom is -0.383 e. The van der Waals surface area contributed by atoms with E-state index >= 15 is 0 Å². The Kier molecular flexibility index (Phi) is 8.76. The fourth-order valence-corrected chi connectivity index (χ4v) is 5.98. The molecule has 6 nitrogen and oxygen atoms in total. The number of fused-ring (bicyclic) bond motifs is 1. The van der Waals surface area contributed by atoms with Crippen molar-refractivity contribution in [1.29, 1.82) is 0 Å². The lowest BCUT2D eigenvalue weighted by Gasteiger charge is -2.34. The maximum Gasteiger partial charge on any atom is 0.254 e. The van der Waals surface area contributed by atoms with Crippen LogP contribution in [0.5, 0.6) is 0 Å². The molecule has 0 unspecified atom stereocenters. The summed E-state index contributed by atoms with van der Waals surface area (Å²) in [6, 6.07) is 17.7. The molecule has 216 valence electrons. The lowest BCUT2D eigenvalue weighted by Crippen LogP contribution is -2.49. The molecule has 5 rings (SSSR count). The summed E-state index contributed by atoms with van der Waals surface area (Å²) in [5.41, 5.74) is 9.16. The first-order valence-corrected chi connectivity index (χ1v) is 14.4. The molecule has 41 heavy (non-hydrogen) atoms. The van der Waals surface area contributed by atoms with Crippen LogP contribution in [0.1, 0.15) is 43.9 Å². The number of halogens is 1. The minimum atomic E-state index is -0.218. The average Bonchev–Trinajstić information content (AvgIpc) is 3.20. The maximum atomic E-state index is 14.0. The molecule has 4 aromatic rings. The number of ether oxygens (including phenoxy) is 1. The Bertz CT molecular complexity index is 1510. The van der Waals surface area contributed by atoms with Gasteiger partial charge in [-0.05, 0) is 79.8 Å². The van der Waals surface area contributed by atoms with Gasteiger partial charge in [0.2, 0.25) is 0 Å². The molecular formula is C34H41FN4O2. The van der Waals surface area contributed by atoms with Gasteiger partial charge in [0.15, 0.2) is 0 Å². The normalized spacial score (nSPS) is 14.1. The van der Waals surface area contributed by atoms with E-state index in [4.69, 9.17) is 4.74 Å². The summed E-state index contributed by atoms with van der Waals surface area (Å²) in [6.45, 7) is 14.1. The van der Waals surface area contributed by atoms with Crippen LogP contribution in [0.25, 0.3) is 10.9 Å². The number of carbonyl (C=O) groups excluding carboxylic acids is 1.